The van der Waals surface area contributed by atoms with Gasteiger partial charge in [0.15, 0.2) is 0 Å². The molecule has 1 unspecified atom stereocenters. The summed E-state index contributed by atoms with van der Waals surface area (Å²) in [5, 5.41) is 3.10. The standard InChI is InChI=1S/C15H13Br2F2NO/c1-20-15(9-5-8(18)3-4-11(9)16)10-6-12(17)13(19)7-14(10)21-2/h3-7,15,20H,1-2H3. The Morgan fingerprint density at radius 1 is 1.05 bits per heavy atom. The normalized spacial score (nSPS) is 12.3. The van der Waals surface area contributed by atoms with E-state index in [1.165, 1.54) is 25.3 Å². The molecule has 0 heterocycles. The highest BCUT2D eigenvalue weighted by molar-refractivity contribution is 9.10. The highest BCUT2D eigenvalue weighted by Gasteiger charge is 2.21. The smallest absolute Gasteiger partial charge is 0.141 e. The van der Waals surface area contributed by atoms with Gasteiger partial charge in [-0.2, -0.15) is 0 Å². The van der Waals surface area contributed by atoms with Crippen molar-refractivity contribution in [3.63, 3.8) is 0 Å². The third-order valence-corrected chi connectivity index (χ3v) is 4.47. The average molecular weight is 421 g/mol. The summed E-state index contributed by atoms with van der Waals surface area (Å²) in [7, 11) is 3.22. The van der Waals surface area contributed by atoms with Gasteiger partial charge in [-0.3, -0.25) is 0 Å². The molecule has 0 amide bonds. The van der Waals surface area contributed by atoms with E-state index in [9.17, 15) is 8.78 Å². The van der Waals surface area contributed by atoms with Crippen molar-refractivity contribution in [3.05, 3.63) is 62.0 Å². The van der Waals surface area contributed by atoms with E-state index in [1.807, 2.05) is 0 Å². The molecule has 0 radical (unpaired) electrons. The van der Waals surface area contributed by atoms with Crippen LogP contribution < -0.4 is 10.1 Å². The third-order valence-electron chi connectivity index (χ3n) is 3.14. The molecule has 2 aromatic rings. The molecular weight excluding hydrogens is 408 g/mol. The lowest BCUT2D eigenvalue weighted by atomic mass is 9.97. The van der Waals surface area contributed by atoms with E-state index in [2.05, 4.69) is 37.2 Å². The van der Waals surface area contributed by atoms with Crippen molar-refractivity contribution in [1.29, 1.82) is 0 Å². The third kappa shape index (κ3) is 3.44. The number of halogens is 4. The Kier molecular flexibility index (Phi) is 5.35. The Bertz CT molecular complexity index is 664. The first kappa shape index (κ1) is 16.4. The van der Waals surface area contributed by atoms with Crippen molar-refractivity contribution in [2.75, 3.05) is 14.2 Å². The van der Waals surface area contributed by atoms with E-state index < -0.39 is 5.82 Å². The molecule has 0 saturated heterocycles. The second kappa shape index (κ2) is 6.85. The lowest BCUT2D eigenvalue weighted by Crippen LogP contribution is -2.19. The van der Waals surface area contributed by atoms with Crippen molar-refractivity contribution >= 4 is 31.9 Å². The molecule has 2 aromatic carbocycles. The first-order chi connectivity index (χ1) is 9.97. The molecule has 0 spiro atoms. The summed E-state index contributed by atoms with van der Waals surface area (Å²) in [5.41, 5.74) is 1.41. The van der Waals surface area contributed by atoms with E-state index in [-0.39, 0.29) is 11.9 Å². The zero-order valence-electron chi connectivity index (χ0n) is 11.4. The molecule has 0 aliphatic rings. The Morgan fingerprint density at radius 3 is 2.38 bits per heavy atom. The molecule has 112 valence electrons. The van der Waals surface area contributed by atoms with Crippen LogP contribution in [0, 0.1) is 11.6 Å². The zero-order valence-corrected chi connectivity index (χ0v) is 14.6. The molecule has 1 atom stereocenters. The Morgan fingerprint density at radius 2 is 1.76 bits per heavy atom. The highest BCUT2D eigenvalue weighted by atomic mass is 79.9. The molecule has 2 rings (SSSR count). The molecule has 6 heteroatoms. The second-order valence-corrected chi connectivity index (χ2v) is 6.10. The predicted octanol–water partition coefficient (Wildman–Crippen LogP) is 4.81. The monoisotopic (exact) mass is 419 g/mol. The zero-order chi connectivity index (χ0) is 15.6. The molecule has 1 N–H and O–H groups in total. The first-order valence-corrected chi connectivity index (χ1v) is 7.71. The van der Waals surface area contributed by atoms with Gasteiger partial charge in [0.1, 0.15) is 17.4 Å². The minimum absolute atomic E-state index is 0.325. The summed E-state index contributed by atoms with van der Waals surface area (Å²) in [5.74, 6) is -0.358. The number of benzene rings is 2. The molecule has 0 aliphatic carbocycles. The summed E-state index contributed by atoms with van der Waals surface area (Å²) >= 11 is 6.58. The minimum Gasteiger partial charge on any atom is -0.496 e. The maximum absolute atomic E-state index is 13.6. The van der Waals surface area contributed by atoms with Crippen molar-refractivity contribution in [3.8, 4) is 5.75 Å². The Hall–Kier alpha value is -0.980. The fourth-order valence-corrected chi connectivity index (χ4v) is 3.00. The van der Waals surface area contributed by atoms with Crippen LogP contribution in [0.5, 0.6) is 5.75 Å². The van der Waals surface area contributed by atoms with Crippen LogP contribution in [0.15, 0.2) is 39.3 Å². The largest absolute Gasteiger partial charge is 0.496 e. The number of nitrogens with one attached hydrogen (secondary N) is 1. The number of ether oxygens (including phenoxy) is 1. The van der Waals surface area contributed by atoms with E-state index in [0.717, 1.165) is 4.47 Å². The van der Waals surface area contributed by atoms with Crippen LogP contribution in [0.4, 0.5) is 8.78 Å². The first-order valence-electron chi connectivity index (χ1n) is 6.13. The lowest BCUT2D eigenvalue weighted by molar-refractivity contribution is 0.401. The summed E-state index contributed by atoms with van der Waals surface area (Å²) in [4.78, 5) is 0. The van der Waals surface area contributed by atoms with Crippen molar-refractivity contribution in [2.24, 2.45) is 0 Å². The Labute approximate surface area is 138 Å². The van der Waals surface area contributed by atoms with Gasteiger partial charge in [-0.1, -0.05) is 15.9 Å². The number of rotatable bonds is 4. The van der Waals surface area contributed by atoms with Gasteiger partial charge in [-0.05, 0) is 52.8 Å². The summed E-state index contributed by atoms with van der Waals surface area (Å²) in [6.45, 7) is 0. The SMILES string of the molecule is CNC(c1cc(F)ccc1Br)c1cc(Br)c(F)cc1OC. The van der Waals surface area contributed by atoms with Gasteiger partial charge >= 0.3 is 0 Å². The fourth-order valence-electron chi connectivity index (χ4n) is 2.16. The van der Waals surface area contributed by atoms with Crippen LogP contribution in [0.3, 0.4) is 0 Å². The molecular formula is C15H13Br2F2NO. The molecule has 0 aromatic heterocycles. The Balaban J connectivity index is 2.61. The van der Waals surface area contributed by atoms with Crippen LogP contribution in [0.2, 0.25) is 0 Å². The minimum atomic E-state index is -0.413. The van der Waals surface area contributed by atoms with Crippen LogP contribution >= 0.6 is 31.9 Å². The highest BCUT2D eigenvalue weighted by Crippen LogP contribution is 2.36. The summed E-state index contributed by atoms with van der Waals surface area (Å²) in [6, 6.07) is 7.03. The van der Waals surface area contributed by atoms with Crippen LogP contribution in [0.25, 0.3) is 0 Å². The lowest BCUT2D eigenvalue weighted by Gasteiger charge is -2.21. The van der Waals surface area contributed by atoms with Gasteiger partial charge in [-0.15, -0.1) is 0 Å². The number of hydrogen-bond acceptors (Lipinski definition) is 2. The van der Waals surface area contributed by atoms with Crippen LogP contribution in [-0.2, 0) is 0 Å². The second-order valence-electron chi connectivity index (χ2n) is 4.40. The number of methoxy groups -OCH3 is 1. The predicted molar refractivity (Wildman–Crippen MR) is 85.7 cm³/mol. The van der Waals surface area contributed by atoms with E-state index in [0.29, 0.717) is 21.3 Å². The van der Waals surface area contributed by atoms with Gasteiger partial charge in [0.2, 0.25) is 0 Å². The summed E-state index contributed by atoms with van der Waals surface area (Å²) < 4.78 is 33.5. The molecule has 0 bridgehead atoms. The quantitative estimate of drug-likeness (QED) is 0.766. The number of hydrogen-bond donors (Lipinski definition) is 1. The molecule has 0 aliphatic heterocycles. The molecule has 2 nitrogen and oxygen atoms in total. The van der Waals surface area contributed by atoms with Gasteiger partial charge in [-0.25, -0.2) is 8.78 Å². The maximum Gasteiger partial charge on any atom is 0.141 e. The molecule has 0 saturated carbocycles. The van der Waals surface area contributed by atoms with Crippen LogP contribution in [0.1, 0.15) is 17.2 Å². The molecule has 0 fully saturated rings. The fraction of sp³-hybridized carbons (Fsp3) is 0.200. The topological polar surface area (TPSA) is 21.3 Å². The summed E-state index contributed by atoms with van der Waals surface area (Å²) in [6.07, 6.45) is 0. The van der Waals surface area contributed by atoms with Gasteiger partial charge in [0.05, 0.1) is 17.6 Å². The van der Waals surface area contributed by atoms with Gasteiger partial charge in [0.25, 0.3) is 0 Å². The van der Waals surface area contributed by atoms with Crippen molar-refractivity contribution < 1.29 is 13.5 Å². The van der Waals surface area contributed by atoms with E-state index in [4.69, 9.17) is 4.74 Å². The molecule has 21 heavy (non-hydrogen) atoms. The average Bonchev–Trinajstić information content (AvgIpc) is 2.46. The van der Waals surface area contributed by atoms with Gasteiger partial charge in [0, 0.05) is 16.1 Å². The van der Waals surface area contributed by atoms with Crippen LogP contribution in [-0.4, -0.2) is 14.2 Å². The van der Waals surface area contributed by atoms with E-state index >= 15 is 0 Å². The van der Waals surface area contributed by atoms with Crippen molar-refractivity contribution in [2.45, 2.75) is 6.04 Å². The maximum atomic E-state index is 13.6. The van der Waals surface area contributed by atoms with E-state index in [1.54, 1.807) is 19.2 Å². The van der Waals surface area contributed by atoms with Gasteiger partial charge < -0.3 is 10.1 Å². The van der Waals surface area contributed by atoms with Crippen molar-refractivity contribution in [1.82, 2.24) is 5.32 Å².